The van der Waals surface area contributed by atoms with E-state index < -0.39 is 5.91 Å². The van der Waals surface area contributed by atoms with Crippen LogP contribution in [0, 0.1) is 11.3 Å². The highest BCUT2D eigenvalue weighted by Crippen LogP contribution is 2.19. The second kappa shape index (κ2) is 9.35. The number of nitriles is 1. The van der Waals surface area contributed by atoms with E-state index in [1.165, 1.54) is 5.56 Å². The van der Waals surface area contributed by atoms with E-state index in [-0.39, 0.29) is 5.57 Å². The first-order valence-corrected chi connectivity index (χ1v) is 9.93. The van der Waals surface area contributed by atoms with Crippen molar-refractivity contribution >= 4 is 23.0 Å². The number of hydrogen-bond donors (Lipinski definition) is 2. The molecular formula is C23H23N5O2. The lowest BCUT2D eigenvalue weighted by molar-refractivity contribution is -0.117. The Bertz CT molecular complexity index is 1110. The molecule has 1 saturated heterocycles. The van der Waals surface area contributed by atoms with E-state index in [1.807, 2.05) is 36.4 Å². The van der Waals surface area contributed by atoms with Crippen molar-refractivity contribution in [3.8, 4) is 6.07 Å². The molecule has 0 radical (unpaired) electrons. The van der Waals surface area contributed by atoms with E-state index in [1.54, 1.807) is 18.5 Å². The highest BCUT2D eigenvalue weighted by atomic mass is 16.5. The van der Waals surface area contributed by atoms with Gasteiger partial charge in [0.2, 0.25) is 0 Å². The topological polar surface area (TPSA) is 94.0 Å². The number of aromatic amines is 1. The first-order valence-electron chi connectivity index (χ1n) is 9.93. The van der Waals surface area contributed by atoms with Gasteiger partial charge >= 0.3 is 0 Å². The maximum atomic E-state index is 12.7. The predicted molar refractivity (Wildman–Crippen MR) is 114 cm³/mol. The van der Waals surface area contributed by atoms with Gasteiger partial charge in [0.25, 0.3) is 5.91 Å². The molecule has 0 saturated carbocycles. The lowest BCUT2D eigenvalue weighted by Crippen LogP contribution is -2.36. The van der Waals surface area contributed by atoms with Crippen molar-refractivity contribution in [3.05, 3.63) is 71.1 Å². The van der Waals surface area contributed by atoms with Crippen molar-refractivity contribution in [2.45, 2.75) is 13.1 Å². The number of nitrogens with one attached hydrogen (secondary N) is 2. The highest BCUT2D eigenvalue weighted by molar-refractivity contribution is 6.03. The maximum Gasteiger partial charge on any atom is 0.262 e. The Balaban J connectivity index is 1.45. The van der Waals surface area contributed by atoms with Crippen LogP contribution in [0.15, 0.2) is 54.4 Å². The van der Waals surface area contributed by atoms with Gasteiger partial charge in [0, 0.05) is 49.5 Å². The van der Waals surface area contributed by atoms with E-state index in [2.05, 4.69) is 26.3 Å². The van der Waals surface area contributed by atoms with Crippen molar-refractivity contribution in [3.63, 3.8) is 0 Å². The Hall–Kier alpha value is -3.47. The van der Waals surface area contributed by atoms with Crippen molar-refractivity contribution in [2.24, 2.45) is 0 Å². The first kappa shape index (κ1) is 19.8. The van der Waals surface area contributed by atoms with Gasteiger partial charge in [-0.2, -0.15) is 5.26 Å². The average Bonchev–Trinajstić information content (AvgIpc) is 3.20. The Morgan fingerprint density at radius 3 is 2.83 bits per heavy atom. The molecule has 2 N–H and O–H groups in total. The largest absolute Gasteiger partial charge is 0.379 e. The number of pyridine rings is 1. The molecule has 0 aliphatic carbocycles. The quantitative estimate of drug-likeness (QED) is 0.489. The van der Waals surface area contributed by atoms with Crippen LogP contribution in [0.2, 0.25) is 0 Å². The zero-order valence-electron chi connectivity index (χ0n) is 16.6. The number of fused-ring (bicyclic) bond motifs is 1. The zero-order chi connectivity index (χ0) is 20.8. The minimum absolute atomic E-state index is 0.0606. The first-order chi connectivity index (χ1) is 14.7. The molecule has 3 heterocycles. The van der Waals surface area contributed by atoms with Crippen LogP contribution in [0.4, 0.5) is 0 Å². The second-order valence-electron chi connectivity index (χ2n) is 7.15. The zero-order valence-corrected chi connectivity index (χ0v) is 16.6. The number of nitrogens with zero attached hydrogens (tertiary/aromatic N) is 3. The lowest BCUT2D eigenvalue weighted by Gasteiger charge is -2.27. The number of carbonyl (C=O) groups excluding carboxylic acids is 1. The van der Waals surface area contributed by atoms with Crippen LogP contribution in [0.3, 0.4) is 0 Å². The SMILES string of the molecule is N#C/C(=C\c1c[nH]c2ncccc12)C(=O)NCc1ccccc1CN1CCOCC1. The fourth-order valence-corrected chi connectivity index (χ4v) is 3.56. The van der Waals surface area contributed by atoms with Gasteiger partial charge in [0.15, 0.2) is 0 Å². The normalized spacial score (nSPS) is 15.1. The number of amides is 1. The fourth-order valence-electron chi connectivity index (χ4n) is 3.56. The Morgan fingerprint density at radius 2 is 2.03 bits per heavy atom. The predicted octanol–water partition coefficient (Wildman–Crippen LogP) is 2.62. The molecule has 1 aliphatic rings. The van der Waals surface area contributed by atoms with E-state index in [0.29, 0.717) is 6.54 Å². The summed E-state index contributed by atoms with van der Waals surface area (Å²) in [5, 5.41) is 13.3. The number of aromatic nitrogens is 2. The van der Waals surface area contributed by atoms with Crippen LogP contribution >= 0.6 is 0 Å². The maximum absolute atomic E-state index is 12.7. The minimum atomic E-state index is -0.392. The van der Waals surface area contributed by atoms with Gasteiger partial charge in [0.1, 0.15) is 17.3 Å². The van der Waals surface area contributed by atoms with Crippen LogP contribution < -0.4 is 5.32 Å². The van der Waals surface area contributed by atoms with Crippen LogP contribution in [0.5, 0.6) is 0 Å². The third-order valence-electron chi connectivity index (χ3n) is 5.20. The van der Waals surface area contributed by atoms with Crippen LogP contribution in [0.1, 0.15) is 16.7 Å². The minimum Gasteiger partial charge on any atom is -0.379 e. The van der Waals surface area contributed by atoms with Gasteiger partial charge in [-0.15, -0.1) is 0 Å². The third-order valence-corrected chi connectivity index (χ3v) is 5.20. The van der Waals surface area contributed by atoms with Crippen LogP contribution in [0.25, 0.3) is 17.1 Å². The second-order valence-corrected chi connectivity index (χ2v) is 7.15. The monoisotopic (exact) mass is 401 g/mol. The van der Waals surface area contributed by atoms with E-state index >= 15 is 0 Å². The summed E-state index contributed by atoms with van der Waals surface area (Å²) < 4.78 is 5.41. The molecule has 152 valence electrons. The standard InChI is InChI=1S/C23H23N5O2/c24-13-19(12-20-15-26-22-21(20)6-3-7-25-22)23(29)27-14-17-4-1-2-5-18(17)16-28-8-10-30-11-9-28/h1-7,12,15H,8-11,14,16H2,(H,25,26)(H,27,29)/b19-12+. The Labute approximate surface area is 175 Å². The molecule has 1 aliphatic heterocycles. The van der Waals surface area contributed by atoms with Crippen molar-refractivity contribution in [2.75, 3.05) is 26.3 Å². The molecule has 4 rings (SSSR count). The van der Waals surface area contributed by atoms with E-state index in [9.17, 15) is 10.1 Å². The summed E-state index contributed by atoms with van der Waals surface area (Å²) in [6.45, 7) is 4.49. The summed E-state index contributed by atoms with van der Waals surface area (Å²) in [6, 6.07) is 13.8. The van der Waals surface area contributed by atoms with Crippen LogP contribution in [-0.2, 0) is 22.6 Å². The molecule has 7 nitrogen and oxygen atoms in total. The van der Waals surface area contributed by atoms with Gasteiger partial charge < -0.3 is 15.0 Å². The van der Waals surface area contributed by atoms with Gasteiger partial charge in [-0.25, -0.2) is 4.98 Å². The molecule has 0 bridgehead atoms. The van der Waals surface area contributed by atoms with Gasteiger partial charge in [0.05, 0.1) is 13.2 Å². The summed E-state index contributed by atoms with van der Waals surface area (Å²) in [6.07, 6.45) is 5.04. The van der Waals surface area contributed by atoms with Crippen molar-refractivity contribution in [1.82, 2.24) is 20.2 Å². The molecule has 0 spiro atoms. The average molecular weight is 401 g/mol. The molecule has 1 aromatic carbocycles. The number of morpholine rings is 1. The summed E-state index contributed by atoms with van der Waals surface area (Å²) in [5.41, 5.74) is 3.76. The number of ether oxygens (including phenoxy) is 1. The molecule has 1 amide bonds. The molecule has 1 fully saturated rings. The summed E-state index contributed by atoms with van der Waals surface area (Å²) in [7, 11) is 0. The molecule has 2 aromatic heterocycles. The number of carbonyl (C=O) groups is 1. The van der Waals surface area contributed by atoms with E-state index in [0.717, 1.165) is 55.0 Å². The molecular weight excluding hydrogens is 378 g/mol. The van der Waals surface area contributed by atoms with Gasteiger partial charge in [-0.05, 0) is 29.3 Å². The Kier molecular flexibility index (Phi) is 6.18. The number of H-pyrrole nitrogens is 1. The third kappa shape index (κ3) is 4.57. The number of rotatable bonds is 6. The summed E-state index contributed by atoms with van der Waals surface area (Å²) in [5.74, 6) is -0.392. The molecule has 7 heteroatoms. The highest BCUT2D eigenvalue weighted by Gasteiger charge is 2.14. The summed E-state index contributed by atoms with van der Waals surface area (Å²) >= 11 is 0. The Morgan fingerprint density at radius 1 is 1.23 bits per heavy atom. The molecule has 3 aromatic rings. The van der Waals surface area contributed by atoms with Crippen molar-refractivity contribution < 1.29 is 9.53 Å². The van der Waals surface area contributed by atoms with Crippen LogP contribution in [-0.4, -0.2) is 47.1 Å². The van der Waals surface area contributed by atoms with Crippen molar-refractivity contribution in [1.29, 1.82) is 5.26 Å². The molecule has 0 unspecified atom stereocenters. The molecule has 0 atom stereocenters. The smallest absolute Gasteiger partial charge is 0.262 e. The number of hydrogen-bond acceptors (Lipinski definition) is 5. The lowest BCUT2D eigenvalue weighted by atomic mass is 10.1. The number of benzene rings is 1. The summed E-state index contributed by atoms with van der Waals surface area (Å²) in [4.78, 5) is 22.3. The van der Waals surface area contributed by atoms with E-state index in [4.69, 9.17) is 4.74 Å². The van der Waals surface area contributed by atoms with Gasteiger partial charge in [-0.3, -0.25) is 9.69 Å². The molecule has 30 heavy (non-hydrogen) atoms. The fraction of sp³-hybridized carbons (Fsp3) is 0.261. The van der Waals surface area contributed by atoms with Gasteiger partial charge in [-0.1, -0.05) is 24.3 Å².